The van der Waals surface area contributed by atoms with Gasteiger partial charge in [-0.25, -0.2) is 0 Å². The molecular weight excluding hydrogens is 364 g/mol. The van der Waals surface area contributed by atoms with Gasteiger partial charge in [-0.15, -0.1) is 0 Å². The van der Waals surface area contributed by atoms with Crippen molar-refractivity contribution in [2.75, 3.05) is 47.4 Å². The highest BCUT2D eigenvalue weighted by Gasteiger charge is 2.13. The molecule has 2 rings (SSSR count). The Morgan fingerprint density at radius 2 is 2.07 bits per heavy atom. The summed E-state index contributed by atoms with van der Waals surface area (Å²) < 4.78 is 5.20. The number of aromatic amines is 1. The quantitative estimate of drug-likeness (QED) is 0.436. The first kappa shape index (κ1) is 21.1. The summed E-state index contributed by atoms with van der Waals surface area (Å²) in [7, 11) is 5.64. The lowest BCUT2D eigenvalue weighted by atomic mass is 10.1. The van der Waals surface area contributed by atoms with E-state index in [1.165, 1.54) is 0 Å². The van der Waals surface area contributed by atoms with Gasteiger partial charge in [0.2, 0.25) is 0 Å². The van der Waals surface area contributed by atoms with Gasteiger partial charge >= 0.3 is 0 Å². The summed E-state index contributed by atoms with van der Waals surface area (Å²) in [6.07, 6.45) is 0.957. The van der Waals surface area contributed by atoms with Crippen LogP contribution in [0.15, 0.2) is 29.1 Å². The summed E-state index contributed by atoms with van der Waals surface area (Å²) in [4.78, 5) is 19.3. The van der Waals surface area contributed by atoms with E-state index in [1.54, 1.807) is 13.2 Å². The molecule has 0 atom stereocenters. The second-order valence-electron chi connectivity index (χ2n) is 6.61. The zero-order valence-electron chi connectivity index (χ0n) is 16.1. The minimum Gasteiger partial charge on any atom is -0.497 e. The summed E-state index contributed by atoms with van der Waals surface area (Å²) in [5.74, 6) is 0.691. The first-order chi connectivity index (χ1) is 12.9. The molecule has 27 heavy (non-hydrogen) atoms. The summed E-state index contributed by atoms with van der Waals surface area (Å²) in [6.45, 7) is 2.36. The number of pyridine rings is 1. The molecule has 1 heterocycles. The standard InChI is InChI=1S/C19H28N4O3S/c1-22(2)8-4-7-20-19(27)23(9-10-24)13-15-11-14-5-6-16(26-3)12-17(14)21-18(15)25/h5-6,11-12,24H,4,7-10,13H2,1-3H3,(H,20,27)(H,21,25). The van der Waals surface area contributed by atoms with Gasteiger partial charge in [-0.05, 0) is 62.9 Å². The fourth-order valence-corrected chi connectivity index (χ4v) is 3.01. The average Bonchev–Trinajstić information content (AvgIpc) is 2.64. The zero-order chi connectivity index (χ0) is 19.8. The van der Waals surface area contributed by atoms with Crippen molar-refractivity contribution in [3.05, 3.63) is 40.2 Å². The van der Waals surface area contributed by atoms with Gasteiger partial charge in [0, 0.05) is 24.7 Å². The maximum atomic E-state index is 12.5. The number of hydrogen-bond acceptors (Lipinski definition) is 5. The van der Waals surface area contributed by atoms with E-state index in [9.17, 15) is 9.90 Å². The molecule has 0 bridgehead atoms. The Morgan fingerprint density at radius 1 is 1.30 bits per heavy atom. The van der Waals surface area contributed by atoms with Crippen molar-refractivity contribution in [1.82, 2.24) is 20.1 Å². The van der Waals surface area contributed by atoms with E-state index >= 15 is 0 Å². The van der Waals surface area contributed by atoms with Crippen LogP contribution in [0.2, 0.25) is 0 Å². The second-order valence-corrected chi connectivity index (χ2v) is 7.00. The molecule has 8 heteroatoms. The fraction of sp³-hybridized carbons (Fsp3) is 0.474. The van der Waals surface area contributed by atoms with E-state index in [-0.39, 0.29) is 12.2 Å². The fourth-order valence-electron chi connectivity index (χ4n) is 2.75. The second kappa shape index (κ2) is 10.2. The lowest BCUT2D eigenvalue weighted by Crippen LogP contribution is -2.42. The first-order valence-corrected chi connectivity index (χ1v) is 9.33. The lowest BCUT2D eigenvalue weighted by molar-refractivity contribution is 0.245. The molecule has 0 unspecified atom stereocenters. The van der Waals surface area contributed by atoms with Crippen molar-refractivity contribution in [2.45, 2.75) is 13.0 Å². The number of nitrogens with one attached hydrogen (secondary N) is 2. The Balaban J connectivity index is 2.11. The van der Waals surface area contributed by atoms with Gasteiger partial charge in [-0.2, -0.15) is 0 Å². The van der Waals surface area contributed by atoms with Crippen LogP contribution in [0.5, 0.6) is 5.75 Å². The van der Waals surface area contributed by atoms with Crippen LogP contribution in [0, 0.1) is 0 Å². The number of aliphatic hydroxyl groups excluding tert-OH is 1. The summed E-state index contributed by atoms with van der Waals surface area (Å²) in [5.41, 5.74) is 1.15. The molecule has 0 fully saturated rings. The van der Waals surface area contributed by atoms with E-state index < -0.39 is 0 Å². The van der Waals surface area contributed by atoms with E-state index in [1.807, 2.05) is 37.2 Å². The number of benzene rings is 1. The van der Waals surface area contributed by atoms with Gasteiger partial charge in [0.15, 0.2) is 5.11 Å². The number of thiocarbonyl (C=S) groups is 1. The molecule has 0 aliphatic heterocycles. The average molecular weight is 393 g/mol. The van der Waals surface area contributed by atoms with Gasteiger partial charge in [0.25, 0.3) is 5.56 Å². The topological polar surface area (TPSA) is 80.8 Å². The number of aromatic nitrogens is 1. The van der Waals surface area contributed by atoms with Crippen LogP contribution in [0.3, 0.4) is 0 Å². The van der Waals surface area contributed by atoms with Gasteiger partial charge in [0.05, 0.1) is 25.8 Å². The Labute approximate surface area is 164 Å². The normalized spacial score (nSPS) is 11.0. The maximum Gasteiger partial charge on any atom is 0.253 e. The van der Waals surface area contributed by atoms with Gasteiger partial charge in [-0.3, -0.25) is 4.79 Å². The number of aliphatic hydroxyl groups is 1. The third-order valence-corrected chi connectivity index (χ3v) is 4.61. The van der Waals surface area contributed by atoms with Crippen molar-refractivity contribution in [3.63, 3.8) is 0 Å². The number of methoxy groups -OCH3 is 1. The number of ether oxygens (including phenoxy) is 1. The molecule has 0 radical (unpaired) electrons. The molecule has 0 amide bonds. The van der Waals surface area contributed by atoms with Crippen molar-refractivity contribution >= 4 is 28.2 Å². The monoisotopic (exact) mass is 392 g/mol. The van der Waals surface area contributed by atoms with E-state index in [4.69, 9.17) is 17.0 Å². The Morgan fingerprint density at radius 3 is 2.74 bits per heavy atom. The highest BCUT2D eigenvalue weighted by molar-refractivity contribution is 7.80. The number of fused-ring (bicyclic) bond motifs is 1. The van der Waals surface area contributed by atoms with Crippen LogP contribution in [-0.4, -0.2) is 72.4 Å². The molecule has 0 spiro atoms. The Kier molecular flexibility index (Phi) is 8.02. The largest absolute Gasteiger partial charge is 0.497 e. The minimum atomic E-state index is -0.172. The van der Waals surface area contributed by atoms with Crippen molar-refractivity contribution in [2.24, 2.45) is 0 Å². The van der Waals surface area contributed by atoms with Gasteiger partial charge < -0.3 is 29.9 Å². The third-order valence-electron chi connectivity index (χ3n) is 4.21. The lowest BCUT2D eigenvalue weighted by Gasteiger charge is -2.25. The highest BCUT2D eigenvalue weighted by atomic mass is 32.1. The Hall–Kier alpha value is -2.16. The SMILES string of the molecule is COc1ccc2cc(CN(CCO)C(=S)NCCCN(C)C)c(=O)[nH]c2c1. The molecule has 1 aromatic heterocycles. The molecule has 0 saturated carbocycles. The van der Waals surface area contributed by atoms with Gasteiger partial charge in [0.1, 0.15) is 5.75 Å². The van der Waals surface area contributed by atoms with Crippen LogP contribution in [0.4, 0.5) is 0 Å². The molecule has 0 aliphatic carbocycles. The van der Waals surface area contributed by atoms with Crippen LogP contribution < -0.4 is 15.6 Å². The van der Waals surface area contributed by atoms with Crippen LogP contribution in [0.1, 0.15) is 12.0 Å². The van der Waals surface area contributed by atoms with E-state index in [2.05, 4.69) is 15.2 Å². The molecular formula is C19H28N4O3S. The minimum absolute atomic E-state index is 0.0395. The van der Waals surface area contributed by atoms with Crippen LogP contribution >= 0.6 is 12.2 Å². The maximum absolute atomic E-state index is 12.5. The highest BCUT2D eigenvalue weighted by Crippen LogP contribution is 2.18. The summed E-state index contributed by atoms with van der Waals surface area (Å²) in [5, 5.41) is 14.0. The predicted molar refractivity (Wildman–Crippen MR) is 112 cm³/mol. The Bertz CT molecular complexity index is 822. The molecule has 1 aromatic carbocycles. The number of rotatable bonds is 9. The number of H-pyrrole nitrogens is 1. The molecule has 0 saturated heterocycles. The van der Waals surface area contributed by atoms with Crippen LogP contribution in [0.25, 0.3) is 10.9 Å². The predicted octanol–water partition coefficient (Wildman–Crippen LogP) is 1.16. The molecule has 3 N–H and O–H groups in total. The van der Waals surface area contributed by atoms with E-state index in [0.29, 0.717) is 29.5 Å². The third kappa shape index (κ3) is 6.20. The number of nitrogens with zero attached hydrogens (tertiary/aromatic N) is 2. The summed E-state index contributed by atoms with van der Waals surface area (Å²) in [6, 6.07) is 7.41. The summed E-state index contributed by atoms with van der Waals surface area (Å²) >= 11 is 5.45. The smallest absolute Gasteiger partial charge is 0.253 e. The molecule has 148 valence electrons. The van der Waals surface area contributed by atoms with Crippen LogP contribution in [-0.2, 0) is 6.54 Å². The first-order valence-electron chi connectivity index (χ1n) is 8.93. The van der Waals surface area contributed by atoms with E-state index in [0.717, 1.165) is 30.4 Å². The van der Waals surface area contributed by atoms with Crippen molar-refractivity contribution in [1.29, 1.82) is 0 Å². The van der Waals surface area contributed by atoms with Gasteiger partial charge in [-0.1, -0.05) is 0 Å². The zero-order valence-corrected chi connectivity index (χ0v) is 16.9. The van der Waals surface area contributed by atoms with Crippen molar-refractivity contribution < 1.29 is 9.84 Å². The number of hydrogen-bond donors (Lipinski definition) is 3. The van der Waals surface area contributed by atoms with Crippen molar-refractivity contribution in [3.8, 4) is 5.75 Å². The molecule has 7 nitrogen and oxygen atoms in total. The molecule has 0 aliphatic rings. The molecule has 2 aromatic rings.